The van der Waals surface area contributed by atoms with Gasteiger partial charge in [-0.2, -0.15) is 0 Å². The number of benzene rings is 2. The highest BCUT2D eigenvalue weighted by Gasteiger charge is 2.07. The second-order valence-electron chi connectivity index (χ2n) is 3.82. The van der Waals surface area contributed by atoms with E-state index in [-0.39, 0.29) is 5.78 Å². The molecule has 0 aliphatic heterocycles. The summed E-state index contributed by atoms with van der Waals surface area (Å²) in [4.78, 5) is 11.3. The molecule has 0 bridgehead atoms. The predicted molar refractivity (Wildman–Crippen MR) is 67.1 cm³/mol. The molecule has 0 aliphatic carbocycles. The number of fused-ring (bicyclic) bond motifs is 1. The van der Waals surface area contributed by atoms with Crippen molar-refractivity contribution in [2.75, 3.05) is 14.2 Å². The molecule has 2 aromatic rings. The quantitative estimate of drug-likeness (QED) is 0.760. The van der Waals surface area contributed by atoms with E-state index in [0.29, 0.717) is 11.3 Å². The van der Waals surface area contributed by atoms with Crippen molar-refractivity contribution in [1.29, 1.82) is 0 Å². The zero-order valence-electron chi connectivity index (χ0n) is 10.1. The SMILES string of the molecule is COc1cc(OC)c2cc(C(C)=O)ccc2c1. The standard InChI is InChI=1S/C14H14O3/c1-9(15)10-4-5-11-6-12(16-2)8-14(17-3)13(11)7-10/h4-8H,1-3H3. The molecule has 0 atom stereocenters. The number of carbonyl (C=O) groups is 1. The van der Waals surface area contributed by atoms with Crippen LogP contribution in [0.25, 0.3) is 10.8 Å². The average molecular weight is 230 g/mol. The van der Waals surface area contributed by atoms with E-state index in [2.05, 4.69) is 0 Å². The van der Waals surface area contributed by atoms with Crippen LogP contribution in [0.3, 0.4) is 0 Å². The summed E-state index contributed by atoms with van der Waals surface area (Å²) in [5.41, 5.74) is 0.681. The largest absolute Gasteiger partial charge is 0.497 e. The third-order valence-corrected chi connectivity index (χ3v) is 2.75. The molecule has 0 radical (unpaired) electrons. The van der Waals surface area contributed by atoms with Crippen molar-refractivity contribution in [3.8, 4) is 11.5 Å². The minimum absolute atomic E-state index is 0.0461. The Morgan fingerprint density at radius 3 is 2.41 bits per heavy atom. The van der Waals surface area contributed by atoms with Crippen LogP contribution in [0.15, 0.2) is 30.3 Å². The Morgan fingerprint density at radius 2 is 1.82 bits per heavy atom. The van der Waals surface area contributed by atoms with E-state index in [1.807, 2.05) is 30.3 Å². The first-order valence-corrected chi connectivity index (χ1v) is 5.32. The van der Waals surface area contributed by atoms with Crippen LogP contribution in [0.4, 0.5) is 0 Å². The van der Waals surface area contributed by atoms with E-state index in [1.165, 1.54) is 0 Å². The molecule has 17 heavy (non-hydrogen) atoms. The number of ether oxygens (including phenoxy) is 2. The summed E-state index contributed by atoms with van der Waals surface area (Å²) in [7, 11) is 3.22. The van der Waals surface area contributed by atoms with Gasteiger partial charge in [-0.1, -0.05) is 12.1 Å². The van der Waals surface area contributed by atoms with E-state index in [9.17, 15) is 4.79 Å². The van der Waals surface area contributed by atoms with Crippen molar-refractivity contribution >= 4 is 16.6 Å². The Morgan fingerprint density at radius 1 is 1.06 bits per heavy atom. The number of rotatable bonds is 3. The minimum Gasteiger partial charge on any atom is -0.497 e. The van der Waals surface area contributed by atoms with Gasteiger partial charge in [-0.15, -0.1) is 0 Å². The summed E-state index contributed by atoms with van der Waals surface area (Å²) in [6, 6.07) is 9.28. The van der Waals surface area contributed by atoms with Gasteiger partial charge in [-0.3, -0.25) is 4.79 Å². The summed E-state index contributed by atoms with van der Waals surface area (Å²) in [5.74, 6) is 1.50. The maximum Gasteiger partial charge on any atom is 0.159 e. The van der Waals surface area contributed by atoms with Gasteiger partial charge in [0, 0.05) is 17.0 Å². The average Bonchev–Trinajstić information content (AvgIpc) is 2.36. The van der Waals surface area contributed by atoms with Crippen molar-refractivity contribution in [1.82, 2.24) is 0 Å². The highest BCUT2D eigenvalue weighted by atomic mass is 16.5. The molecular weight excluding hydrogens is 216 g/mol. The molecule has 0 aromatic heterocycles. The monoisotopic (exact) mass is 230 g/mol. The van der Waals surface area contributed by atoms with Gasteiger partial charge in [0.15, 0.2) is 5.78 Å². The summed E-state index contributed by atoms with van der Waals surface area (Å²) in [5, 5.41) is 1.91. The fourth-order valence-corrected chi connectivity index (χ4v) is 1.80. The van der Waals surface area contributed by atoms with Crippen LogP contribution in [0.2, 0.25) is 0 Å². The van der Waals surface area contributed by atoms with Gasteiger partial charge in [-0.05, 0) is 24.4 Å². The van der Waals surface area contributed by atoms with Crippen molar-refractivity contribution < 1.29 is 14.3 Å². The van der Waals surface area contributed by atoms with Crippen LogP contribution in [0.5, 0.6) is 11.5 Å². The number of methoxy groups -OCH3 is 2. The molecule has 0 spiro atoms. The fraction of sp³-hybridized carbons (Fsp3) is 0.214. The fourth-order valence-electron chi connectivity index (χ4n) is 1.80. The molecule has 0 N–H and O–H groups in total. The van der Waals surface area contributed by atoms with Gasteiger partial charge >= 0.3 is 0 Å². The first-order chi connectivity index (χ1) is 8.15. The van der Waals surface area contributed by atoms with Gasteiger partial charge in [0.2, 0.25) is 0 Å². The van der Waals surface area contributed by atoms with Crippen LogP contribution >= 0.6 is 0 Å². The van der Waals surface area contributed by atoms with Gasteiger partial charge < -0.3 is 9.47 Å². The first kappa shape index (κ1) is 11.5. The van der Waals surface area contributed by atoms with Crippen LogP contribution in [-0.4, -0.2) is 20.0 Å². The molecule has 88 valence electrons. The Labute approximate surface area is 100.0 Å². The van der Waals surface area contributed by atoms with Crippen LogP contribution < -0.4 is 9.47 Å². The van der Waals surface area contributed by atoms with Crippen LogP contribution in [0, 0.1) is 0 Å². The highest BCUT2D eigenvalue weighted by Crippen LogP contribution is 2.31. The van der Waals surface area contributed by atoms with Crippen molar-refractivity contribution in [2.24, 2.45) is 0 Å². The van der Waals surface area contributed by atoms with E-state index >= 15 is 0 Å². The highest BCUT2D eigenvalue weighted by molar-refractivity contribution is 6.00. The van der Waals surface area contributed by atoms with Crippen LogP contribution in [0.1, 0.15) is 17.3 Å². The zero-order valence-corrected chi connectivity index (χ0v) is 10.1. The number of Topliss-reactive ketones (excluding diaryl/α,β-unsaturated/α-hetero) is 1. The van der Waals surface area contributed by atoms with Gasteiger partial charge in [0.25, 0.3) is 0 Å². The third kappa shape index (κ3) is 2.09. The van der Waals surface area contributed by atoms with E-state index in [0.717, 1.165) is 16.5 Å². The Hall–Kier alpha value is -2.03. The Balaban J connectivity index is 2.71. The number of hydrogen-bond acceptors (Lipinski definition) is 3. The lowest BCUT2D eigenvalue weighted by Gasteiger charge is -2.09. The topological polar surface area (TPSA) is 35.5 Å². The van der Waals surface area contributed by atoms with Crippen LogP contribution in [-0.2, 0) is 0 Å². The third-order valence-electron chi connectivity index (χ3n) is 2.75. The first-order valence-electron chi connectivity index (χ1n) is 5.32. The smallest absolute Gasteiger partial charge is 0.159 e. The lowest BCUT2D eigenvalue weighted by molar-refractivity contribution is 0.101. The predicted octanol–water partition coefficient (Wildman–Crippen LogP) is 3.06. The maximum atomic E-state index is 11.3. The Bertz CT molecular complexity index is 573. The molecule has 0 fully saturated rings. The molecule has 0 amide bonds. The summed E-state index contributed by atoms with van der Waals surface area (Å²) in [6.07, 6.45) is 0. The molecular formula is C14H14O3. The lowest BCUT2D eigenvalue weighted by Crippen LogP contribution is -1.93. The van der Waals surface area contributed by atoms with Crippen molar-refractivity contribution in [2.45, 2.75) is 6.92 Å². The van der Waals surface area contributed by atoms with Gasteiger partial charge in [-0.25, -0.2) is 0 Å². The molecule has 2 aromatic carbocycles. The van der Waals surface area contributed by atoms with E-state index in [4.69, 9.17) is 9.47 Å². The van der Waals surface area contributed by atoms with E-state index in [1.54, 1.807) is 21.1 Å². The van der Waals surface area contributed by atoms with Gasteiger partial charge in [0.05, 0.1) is 14.2 Å². The van der Waals surface area contributed by atoms with Crippen molar-refractivity contribution in [3.05, 3.63) is 35.9 Å². The number of hydrogen-bond donors (Lipinski definition) is 0. The second-order valence-corrected chi connectivity index (χ2v) is 3.82. The molecule has 0 saturated carbocycles. The molecule has 2 rings (SSSR count). The zero-order chi connectivity index (χ0) is 12.4. The van der Waals surface area contributed by atoms with Gasteiger partial charge in [0.1, 0.15) is 11.5 Å². The maximum absolute atomic E-state index is 11.3. The molecule has 0 aliphatic rings. The second kappa shape index (κ2) is 4.45. The molecule has 0 saturated heterocycles. The summed E-state index contributed by atoms with van der Waals surface area (Å²) >= 11 is 0. The summed E-state index contributed by atoms with van der Waals surface area (Å²) in [6.45, 7) is 1.55. The molecule has 3 heteroatoms. The molecule has 0 heterocycles. The normalized spacial score (nSPS) is 10.3. The molecule has 0 unspecified atom stereocenters. The molecule has 3 nitrogen and oxygen atoms in total. The minimum atomic E-state index is 0.0461. The van der Waals surface area contributed by atoms with E-state index < -0.39 is 0 Å². The lowest BCUT2D eigenvalue weighted by atomic mass is 10.0. The Kier molecular flexibility index (Phi) is 3.00. The van der Waals surface area contributed by atoms with Crippen molar-refractivity contribution in [3.63, 3.8) is 0 Å². The number of ketones is 1. The summed E-state index contributed by atoms with van der Waals surface area (Å²) < 4.78 is 10.5. The number of carbonyl (C=O) groups excluding carboxylic acids is 1.